The van der Waals surface area contributed by atoms with Crippen molar-refractivity contribution in [3.05, 3.63) is 39.9 Å². The van der Waals surface area contributed by atoms with Gasteiger partial charge in [0.15, 0.2) is 5.41 Å². The summed E-state index contributed by atoms with van der Waals surface area (Å²) in [6.45, 7) is 5.15. The number of nitrogens with zero attached hydrogens (tertiary/aromatic N) is 1. The molecule has 1 aromatic carbocycles. The van der Waals surface area contributed by atoms with Crippen molar-refractivity contribution < 1.29 is 33.5 Å². The maximum atomic E-state index is 12.7. The Kier molecular flexibility index (Phi) is 6.61. The van der Waals surface area contributed by atoms with E-state index in [1.54, 1.807) is 20.8 Å². The summed E-state index contributed by atoms with van der Waals surface area (Å²) in [6.07, 6.45) is 0.345. The lowest BCUT2D eigenvalue weighted by molar-refractivity contribution is -0.384. The predicted octanol–water partition coefficient (Wildman–Crippen LogP) is 3.20. The summed E-state index contributed by atoms with van der Waals surface area (Å²) in [6, 6.07) is 5.09. The van der Waals surface area contributed by atoms with Gasteiger partial charge in [0.2, 0.25) is 0 Å². The van der Waals surface area contributed by atoms with Crippen molar-refractivity contribution in [3.8, 4) is 0 Å². The van der Waals surface area contributed by atoms with Gasteiger partial charge in [-0.1, -0.05) is 0 Å². The molecule has 0 atom stereocenters. The fraction of sp³-hybridized carbons (Fsp3) is 0.550. The first-order valence-corrected chi connectivity index (χ1v) is 9.26. The van der Waals surface area contributed by atoms with Crippen LogP contribution in [0.5, 0.6) is 0 Å². The maximum absolute atomic E-state index is 12.7. The van der Waals surface area contributed by atoms with Crippen molar-refractivity contribution >= 4 is 23.6 Å². The summed E-state index contributed by atoms with van der Waals surface area (Å²) in [5.74, 6) is -1.92. The second-order valence-corrected chi connectivity index (χ2v) is 7.98. The van der Waals surface area contributed by atoms with Crippen LogP contribution in [0.4, 0.5) is 5.69 Å². The largest absolute Gasteiger partial charge is 0.468 e. The molecule has 0 spiro atoms. The maximum Gasteiger partial charge on any atom is 0.338 e. The third kappa shape index (κ3) is 5.30. The van der Waals surface area contributed by atoms with Gasteiger partial charge in [0.05, 0.1) is 17.6 Å². The van der Waals surface area contributed by atoms with Crippen LogP contribution in [-0.4, -0.2) is 41.6 Å². The molecule has 9 nitrogen and oxygen atoms in total. The zero-order valence-corrected chi connectivity index (χ0v) is 16.9. The van der Waals surface area contributed by atoms with Gasteiger partial charge < -0.3 is 14.2 Å². The van der Waals surface area contributed by atoms with E-state index in [0.29, 0.717) is 0 Å². The monoisotopic (exact) mass is 407 g/mol. The van der Waals surface area contributed by atoms with Crippen molar-refractivity contribution in [3.63, 3.8) is 0 Å². The van der Waals surface area contributed by atoms with E-state index >= 15 is 0 Å². The van der Waals surface area contributed by atoms with Crippen molar-refractivity contribution in [2.24, 2.45) is 5.41 Å². The first kappa shape index (κ1) is 22.3. The molecular weight excluding hydrogens is 382 g/mol. The first-order chi connectivity index (χ1) is 13.5. The molecule has 2 rings (SSSR count). The average molecular weight is 407 g/mol. The van der Waals surface area contributed by atoms with Crippen LogP contribution in [0.15, 0.2) is 24.3 Å². The summed E-state index contributed by atoms with van der Waals surface area (Å²) in [7, 11) is 1.22. The molecule has 0 radical (unpaired) electrons. The van der Waals surface area contributed by atoms with Crippen molar-refractivity contribution in [1.29, 1.82) is 0 Å². The van der Waals surface area contributed by atoms with E-state index in [2.05, 4.69) is 0 Å². The minimum absolute atomic E-state index is 0.126. The van der Waals surface area contributed by atoms with E-state index < -0.39 is 40.0 Å². The number of nitro groups is 1. The molecule has 1 aliphatic rings. The third-order valence-electron chi connectivity index (χ3n) is 4.74. The van der Waals surface area contributed by atoms with Crippen LogP contribution >= 0.6 is 0 Å². The molecule has 1 saturated carbocycles. The second-order valence-electron chi connectivity index (χ2n) is 7.98. The van der Waals surface area contributed by atoms with Gasteiger partial charge in [0.25, 0.3) is 5.69 Å². The number of rotatable bonds is 5. The number of carbonyl (C=O) groups is 3. The lowest BCUT2D eigenvalue weighted by Crippen LogP contribution is -2.47. The predicted molar refractivity (Wildman–Crippen MR) is 101 cm³/mol. The van der Waals surface area contributed by atoms with Crippen LogP contribution in [0.2, 0.25) is 0 Å². The van der Waals surface area contributed by atoms with E-state index in [4.69, 9.17) is 14.2 Å². The molecule has 158 valence electrons. The van der Waals surface area contributed by atoms with Crippen molar-refractivity contribution in [2.45, 2.75) is 58.2 Å². The lowest BCUT2D eigenvalue weighted by Gasteiger charge is -2.37. The number of non-ortho nitro benzene ring substituents is 1. The number of hydrogen-bond acceptors (Lipinski definition) is 8. The Labute approximate surface area is 168 Å². The van der Waals surface area contributed by atoms with Gasteiger partial charge in [0, 0.05) is 12.1 Å². The summed E-state index contributed by atoms with van der Waals surface area (Å²) < 4.78 is 15.7. The SMILES string of the molecule is COC(=O)[C@]1(C(=O)OC(C)(C)C)CC[C@H](OC(=O)c2ccc([N+](=O)[O-])cc2)CC1. The van der Waals surface area contributed by atoms with Gasteiger partial charge in [-0.25, -0.2) is 4.79 Å². The molecule has 1 fully saturated rings. The number of esters is 3. The minimum Gasteiger partial charge on any atom is -0.468 e. The highest BCUT2D eigenvalue weighted by Crippen LogP contribution is 2.40. The lowest BCUT2D eigenvalue weighted by atomic mass is 9.73. The summed E-state index contributed by atoms with van der Waals surface area (Å²) in [5.41, 5.74) is -2.11. The number of nitro benzene ring substituents is 1. The number of methoxy groups -OCH3 is 1. The van der Waals surface area contributed by atoms with E-state index in [1.807, 2.05) is 0 Å². The Morgan fingerprint density at radius 2 is 1.62 bits per heavy atom. The van der Waals surface area contributed by atoms with Crippen LogP contribution < -0.4 is 0 Å². The zero-order valence-electron chi connectivity index (χ0n) is 16.9. The van der Waals surface area contributed by atoms with E-state index in [-0.39, 0.29) is 36.9 Å². The highest BCUT2D eigenvalue weighted by molar-refractivity contribution is 6.00. The normalized spacial score (nSPS) is 21.7. The fourth-order valence-electron chi connectivity index (χ4n) is 3.20. The number of benzene rings is 1. The average Bonchev–Trinajstić information content (AvgIpc) is 2.66. The second kappa shape index (κ2) is 8.59. The fourth-order valence-corrected chi connectivity index (χ4v) is 3.20. The molecule has 0 aliphatic heterocycles. The summed E-state index contributed by atoms with van der Waals surface area (Å²) >= 11 is 0. The zero-order chi connectivity index (χ0) is 21.8. The summed E-state index contributed by atoms with van der Waals surface area (Å²) in [4.78, 5) is 47.5. The van der Waals surface area contributed by atoms with Gasteiger partial charge in [0.1, 0.15) is 11.7 Å². The molecule has 29 heavy (non-hydrogen) atoms. The highest BCUT2D eigenvalue weighted by atomic mass is 16.6. The molecule has 0 amide bonds. The van der Waals surface area contributed by atoms with Gasteiger partial charge in [-0.15, -0.1) is 0 Å². The number of hydrogen-bond donors (Lipinski definition) is 0. The standard InChI is InChI=1S/C20H25NO8/c1-19(2,3)29-18(24)20(17(23)27-4)11-9-15(10-12-20)28-16(22)13-5-7-14(8-6-13)21(25)26/h5-8,15H,9-12H2,1-4H3/t15-,20-. The smallest absolute Gasteiger partial charge is 0.338 e. The Morgan fingerprint density at radius 1 is 1.07 bits per heavy atom. The molecular formula is C20H25NO8. The summed E-state index contributed by atoms with van der Waals surface area (Å²) in [5, 5.41) is 10.7. The Bertz CT molecular complexity index is 786. The number of carbonyl (C=O) groups excluding carboxylic acids is 3. The van der Waals surface area contributed by atoms with E-state index in [1.165, 1.54) is 31.4 Å². The van der Waals surface area contributed by atoms with Crippen LogP contribution in [0.25, 0.3) is 0 Å². The molecule has 9 heteroatoms. The van der Waals surface area contributed by atoms with Crippen molar-refractivity contribution in [2.75, 3.05) is 7.11 Å². The van der Waals surface area contributed by atoms with Crippen LogP contribution in [0, 0.1) is 15.5 Å². The molecule has 0 N–H and O–H groups in total. The van der Waals surface area contributed by atoms with E-state index in [9.17, 15) is 24.5 Å². The molecule has 0 saturated heterocycles. The Hall–Kier alpha value is -2.97. The molecule has 0 aromatic heterocycles. The van der Waals surface area contributed by atoms with Crippen LogP contribution in [0.3, 0.4) is 0 Å². The van der Waals surface area contributed by atoms with Gasteiger partial charge in [-0.2, -0.15) is 0 Å². The Morgan fingerprint density at radius 3 is 2.07 bits per heavy atom. The van der Waals surface area contributed by atoms with Gasteiger partial charge >= 0.3 is 17.9 Å². The van der Waals surface area contributed by atoms with Gasteiger partial charge in [-0.05, 0) is 58.6 Å². The van der Waals surface area contributed by atoms with Gasteiger partial charge in [-0.3, -0.25) is 19.7 Å². The van der Waals surface area contributed by atoms with Crippen LogP contribution in [-0.2, 0) is 23.8 Å². The molecule has 0 bridgehead atoms. The third-order valence-corrected chi connectivity index (χ3v) is 4.74. The van der Waals surface area contributed by atoms with Crippen molar-refractivity contribution in [1.82, 2.24) is 0 Å². The molecule has 0 unspecified atom stereocenters. The number of ether oxygens (including phenoxy) is 3. The minimum atomic E-state index is -1.42. The quantitative estimate of drug-likeness (QED) is 0.240. The van der Waals surface area contributed by atoms with Crippen LogP contribution in [0.1, 0.15) is 56.8 Å². The molecule has 0 heterocycles. The highest BCUT2D eigenvalue weighted by Gasteiger charge is 2.52. The Balaban J connectivity index is 2.04. The topological polar surface area (TPSA) is 122 Å². The molecule has 1 aromatic rings. The molecule has 1 aliphatic carbocycles. The first-order valence-electron chi connectivity index (χ1n) is 9.26. The van der Waals surface area contributed by atoms with E-state index in [0.717, 1.165) is 0 Å².